The van der Waals surface area contributed by atoms with E-state index >= 15 is 0 Å². The molecular formula is C46H50N2O4Se2. The molecule has 54 heavy (non-hydrogen) atoms. The second kappa shape index (κ2) is 15.9. The van der Waals surface area contributed by atoms with Crippen molar-refractivity contribution in [3.8, 4) is 21.5 Å². The summed E-state index contributed by atoms with van der Waals surface area (Å²) >= 11 is 0.0634. The number of benzene rings is 2. The van der Waals surface area contributed by atoms with Gasteiger partial charge in [-0.25, -0.2) is 0 Å². The quantitative estimate of drug-likeness (QED) is 0.163. The number of nitrogens with zero attached hydrogens (tertiary/aromatic N) is 2. The van der Waals surface area contributed by atoms with Gasteiger partial charge in [-0.2, -0.15) is 0 Å². The Balaban J connectivity index is 0.000000208. The van der Waals surface area contributed by atoms with Crippen LogP contribution in [-0.4, -0.2) is 62.0 Å². The number of aryl methyl sites for hydroxylation is 2. The van der Waals surface area contributed by atoms with Crippen LogP contribution in [-0.2, 0) is 21.7 Å². The zero-order valence-corrected chi connectivity index (χ0v) is 36.4. The molecule has 6 nitrogen and oxygen atoms in total. The van der Waals surface area contributed by atoms with Crippen LogP contribution in [0.15, 0.2) is 60.9 Å². The van der Waals surface area contributed by atoms with Crippen molar-refractivity contribution >= 4 is 50.8 Å². The molecule has 0 radical (unpaired) electrons. The first-order valence-electron chi connectivity index (χ1n) is 18.3. The third kappa shape index (κ3) is 9.37. The molecule has 0 unspecified atom stereocenters. The molecule has 6 rings (SSSR count). The molecule has 0 bridgehead atoms. The molecule has 280 valence electrons. The molecule has 0 saturated heterocycles. The Labute approximate surface area is 333 Å². The number of hydrogen-bond acceptors (Lipinski definition) is 4. The van der Waals surface area contributed by atoms with E-state index in [9.17, 15) is 9.59 Å². The monoisotopic (exact) mass is 854 g/mol. The van der Waals surface area contributed by atoms with Crippen molar-refractivity contribution in [2.45, 2.75) is 117 Å². The second-order valence-corrected chi connectivity index (χ2v) is 20.6. The maximum absolute atomic E-state index is 10.9. The number of rotatable bonds is 4. The van der Waals surface area contributed by atoms with Crippen molar-refractivity contribution in [1.82, 2.24) is 9.97 Å². The Hall–Kier alpha value is -4.16. The first-order chi connectivity index (χ1) is 25.2. The van der Waals surface area contributed by atoms with E-state index in [0.29, 0.717) is 11.4 Å². The maximum atomic E-state index is 10.9. The Morgan fingerprint density at radius 2 is 0.870 bits per heavy atom. The first kappa shape index (κ1) is 41.0. The van der Waals surface area contributed by atoms with Crippen LogP contribution in [0.25, 0.3) is 0 Å². The summed E-state index contributed by atoms with van der Waals surface area (Å²) in [6, 6.07) is 15.9. The molecule has 2 aromatic heterocycles. The molecule has 2 aliphatic carbocycles. The molecule has 2 aromatic carbocycles. The fraction of sp³-hybridized carbons (Fsp3) is 0.391. The Bertz CT molecular complexity index is 2050. The van der Waals surface area contributed by atoms with Crippen LogP contribution in [0.3, 0.4) is 0 Å². The van der Waals surface area contributed by atoms with Gasteiger partial charge in [0, 0.05) is 0 Å². The van der Waals surface area contributed by atoms with Crippen LogP contribution >= 0.6 is 0 Å². The fourth-order valence-electron chi connectivity index (χ4n) is 7.08. The van der Waals surface area contributed by atoms with Gasteiger partial charge in [-0.1, -0.05) is 0 Å². The molecule has 0 saturated carbocycles. The van der Waals surface area contributed by atoms with E-state index in [1.54, 1.807) is 24.3 Å². The zero-order chi connectivity index (χ0) is 39.6. The summed E-state index contributed by atoms with van der Waals surface area (Å²) in [4.78, 5) is 36.6. The van der Waals surface area contributed by atoms with Gasteiger partial charge in [0.1, 0.15) is 0 Å². The van der Waals surface area contributed by atoms with E-state index in [2.05, 4.69) is 125 Å². The Morgan fingerprint density at radius 1 is 0.556 bits per heavy atom. The number of carboxylic acid groups (broad SMARTS) is 2. The van der Waals surface area contributed by atoms with Crippen LogP contribution in [0.2, 0.25) is 0 Å². The number of fused-ring (bicyclic) bond motifs is 2. The Kier molecular flexibility index (Phi) is 12.1. The number of carbonyl (C=O) groups is 2. The van der Waals surface area contributed by atoms with E-state index in [1.165, 1.54) is 80.4 Å². The van der Waals surface area contributed by atoms with Crippen molar-refractivity contribution in [1.29, 1.82) is 0 Å². The summed E-state index contributed by atoms with van der Waals surface area (Å²) in [5, 5.41) is 17.9. The molecule has 0 aliphatic heterocycles. The minimum absolute atomic E-state index is 0.0317. The molecule has 2 aliphatic rings. The average molecular weight is 853 g/mol. The predicted octanol–water partition coefficient (Wildman–Crippen LogP) is 7.55. The van der Waals surface area contributed by atoms with Crippen molar-refractivity contribution in [3.63, 3.8) is 0 Å². The van der Waals surface area contributed by atoms with Crippen molar-refractivity contribution in [2.24, 2.45) is 0 Å². The van der Waals surface area contributed by atoms with E-state index in [0.717, 1.165) is 0 Å². The first-order valence-corrected chi connectivity index (χ1v) is 21.7. The second-order valence-electron chi connectivity index (χ2n) is 17.0. The van der Waals surface area contributed by atoms with E-state index < -0.39 is 11.9 Å². The van der Waals surface area contributed by atoms with E-state index in [-0.39, 0.29) is 62.7 Å². The van der Waals surface area contributed by atoms with Gasteiger partial charge in [-0.15, -0.1) is 0 Å². The molecule has 0 fully saturated rings. The van der Waals surface area contributed by atoms with Gasteiger partial charge in [-0.3, -0.25) is 0 Å². The Morgan fingerprint density at radius 3 is 1.15 bits per heavy atom. The standard InChI is InChI=1S/2C23H25NO2Se/c2*1-15-12-18-19(23(4,5)10-9-22(18,2)3)13-20(15)27-11-8-17-7-6-16(14-24-17)21(25)26/h2*6-7,12-14H,9-10H2,1-5H3,(H,25,26). The number of carboxylic acids is 2. The molecular weight excluding hydrogens is 802 g/mol. The SMILES string of the molecule is Cc1cc2c(cc1[Se]C#Cc1ccc(C(=O)O)cn1)C(C)(C)CCC2(C)C.Cc1cc2c(cc1[Se]C#Cc1ccc(C(=O)O)cn1)C(C)(C)CCC2(C)C. The molecule has 4 aromatic rings. The molecule has 2 heterocycles. The molecule has 8 heteroatoms. The normalized spacial score (nSPS) is 16.8. The van der Waals surface area contributed by atoms with Gasteiger partial charge >= 0.3 is 335 Å². The molecule has 0 atom stereocenters. The summed E-state index contributed by atoms with van der Waals surface area (Å²) < 4.78 is 2.64. The molecule has 2 N–H and O–H groups in total. The van der Waals surface area contributed by atoms with Gasteiger partial charge in [-0.05, 0) is 0 Å². The summed E-state index contributed by atoms with van der Waals surface area (Å²) in [6.07, 6.45) is 7.55. The predicted molar refractivity (Wildman–Crippen MR) is 220 cm³/mol. The van der Waals surface area contributed by atoms with Gasteiger partial charge in [0.25, 0.3) is 0 Å². The third-order valence-corrected chi connectivity index (χ3v) is 14.6. The summed E-state index contributed by atoms with van der Waals surface area (Å²) in [7, 11) is 0. The van der Waals surface area contributed by atoms with Crippen molar-refractivity contribution in [3.05, 3.63) is 117 Å². The summed E-state index contributed by atoms with van der Waals surface area (Å²) in [5.41, 5.74) is 10.9. The summed E-state index contributed by atoms with van der Waals surface area (Å²) in [5.74, 6) is 4.21. The van der Waals surface area contributed by atoms with Crippen LogP contribution < -0.4 is 8.92 Å². The van der Waals surface area contributed by atoms with Gasteiger partial charge in [0.15, 0.2) is 0 Å². The van der Waals surface area contributed by atoms with Crippen LogP contribution in [0.1, 0.15) is 147 Å². The zero-order valence-electron chi connectivity index (χ0n) is 33.0. The number of hydrogen-bond donors (Lipinski definition) is 2. The van der Waals surface area contributed by atoms with Crippen molar-refractivity contribution < 1.29 is 19.8 Å². The number of aromatic carboxylic acids is 2. The van der Waals surface area contributed by atoms with Crippen molar-refractivity contribution in [2.75, 3.05) is 0 Å². The summed E-state index contributed by atoms with van der Waals surface area (Å²) in [6.45, 7) is 23.1. The molecule has 0 spiro atoms. The van der Waals surface area contributed by atoms with Crippen LogP contribution in [0, 0.1) is 35.3 Å². The number of aromatic nitrogens is 2. The van der Waals surface area contributed by atoms with Gasteiger partial charge in [0.05, 0.1) is 0 Å². The van der Waals surface area contributed by atoms with E-state index in [1.807, 2.05) is 0 Å². The number of pyridine rings is 2. The third-order valence-electron chi connectivity index (χ3n) is 11.0. The van der Waals surface area contributed by atoms with Crippen LogP contribution in [0.4, 0.5) is 0 Å². The average Bonchev–Trinajstić information content (AvgIpc) is 3.10. The topological polar surface area (TPSA) is 100 Å². The van der Waals surface area contributed by atoms with Gasteiger partial charge in [0.2, 0.25) is 0 Å². The van der Waals surface area contributed by atoms with Crippen LogP contribution in [0.5, 0.6) is 0 Å². The minimum atomic E-state index is -0.971. The fourth-order valence-corrected chi connectivity index (χ4v) is 9.86. The molecule has 0 amide bonds. The van der Waals surface area contributed by atoms with Gasteiger partial charge < -0.3 is 0 Å². The van der Waals surface area contributed by atoms with E-state index in [4.69, 9.17) is 10.2 Å².